The van der Waals surface area contributed by atoms with E-state index in [0.717, 1.165) is 0 Å². The minimum atomic E-state index is -0.618. The number of aliphatic hydroxyl groups is 1. The van der Waals surface area contributed by atoms with Crippen LogP contribution in [0.15, 0.2) is 22.8 Å². The normalized spacial score (nSPS) is 12.1. The largest absolute Gasteiger partial charge is 0.467 e. The number of hydrogen-bond donors (Lipinski definition) is 2. The zero-order valence-corrected chi connectivity index (χ0v) is 12.9. The summed E-state index contributed by atoms with van der Waals surface area (Å²) in [7, 11) is 0. The van der Waals surface area contributed by atoms with Crippen LogP contribution in [0.5, 0.6) is 0 Å². The highest BCUT2D eigenvalue weighted by Gasteiger charge is 2.22. The molecule has 0 aliphatic carbocycles. The van der Waals surface area contributed by atoms with E-state index in [1.165, 1.54) is 10.9 Å². The molecule has 0 saturated heterocycles. The van der Waals surface area contributed by atoms with Crippen molar-refractivity contribution in [2.45, 2.75) is 32.9 Å². The molecular weight excluding hydrogens is 304 g/mol. The average molecular weight is 322 g/mol. The number of aromatic nitrogens is 2. The van der Waals surface area contributed by atoms with E-state index in [2.05, 4.69) is 10.4 Å². The lowest BCUT2D eigenvalue weighted by Crippen LogP contribution is -2.31. The number of furan rings is 1. The molecule has 1 atom stereocenters. The Labute approximate surface area is 132 Å². The maximum atomic E-state index is 12.0. The molecule has 0 fully saturated rings. The van der Waals surface area contributed by atoms with Crippen molar-refractivity contribution < 1.29 is 19.2 Å². The molecule has 2 N–H and O–H groups in total. The Morgan fingerprint density at radius 2 is 2.30 bits per heavy atom. The maximum absolute atomic E-state index is 12.0. The molecule has 9 nitrogen and oxygen atoms in total. The van der Waals surface area contributed by atoms with Crippen molar-refractivity contribution in [3.63, 3.8) is 0 Å². The number of aryl methyl sites for hydroxylation is 2. The molecule has 1 amide bonds. The van der Waals surface area contributed by atoms with Gasteiger partial charge in [-0.25, -0.2) is 0 Å². The third-order valence-electron chi connectivity index (χ3n) is 3.48. The fourth-order valence-electron chi connectivity index (χ4n) is 2.34. The third-order valence-corrected chi connectivity index (χ3v) is 3.48. The molecule has 0 bridgehead atoms. The van der Waals surface area contributed by atoms with Crippen LogP contribution < -0.4 is 5.32 Å². The monoisotopic (exact) mass is 322 g/mol. The highest BCUT2D eigenvalue weighted by molar-refractivity contribution is 5.76. The summed E-state index contributed by atoms with van der Waals surface area (Å²) in [5, 5.41) is 27.0. The molecule has 2 rings (SSSR count). The topological polar surface area (TPSA) is 123 Å². The zero-order chi connectivity index (χ0) is 17.0. The van der Waals surface area contributed by atoms with Crippen LogP contribution in [0.25, 0.3) is 0 Å². The minimum Gasteiger partial charge on any atom is -0.467 e. The van der Waals surface area contributed by atoms with Crippen LogP contribution in [0.4, 0.5) is 5.69 Å². The lowest BCUT2D eigenvalue weighted by molar-refractivity contribution is -0.386. The number of rotatable bonds is 7. The van der Waals surface area contributed by atoms with E-state index in [1.54, 1.807) is 26.0 Å². The van der Waals surface area contributed by atoms with Crippen molar-refractivity contribution in [2.75, 3.05) is 6.61 Å². The summed E-state index contributed by atoms with van der Waals surface area (Å²) in [4.78, 5) is 22.4. The van der Waals surface area contributed by atoms with Crippen molar-refractivity contribution in [1.29, 1.82) is 0 Å². The summed E-state index contributed by atoms with van der Waals surface area (Å²) in [5.74, 6) is 0.151. The smallest absolute Gasteiger partial charge is 0.312 e. The van der Waals surface area contributed by atoms with Crippen LogP contribution in [0, 0.1) is 24.0 Å². The van der Waals surface area contributed by atoms with Crippen LogP contribution in [0.3, 0.4) is 0 Å². The Balaban J connectivity index is 1.97. The second kappa shape index (κ2) is 7.05. The summed E-state index contributed by atoms with van der Waals surface area (Å²) in [6.07, 6.45) is 1.54. The number of amides is 1. The van der Waals surface area contributed by atoms with Gasteiger partial charge in [-0.15, -0.1) is 0 Å². The lowest BCUT2D eigenvalue weighted by atomic mass is 10.2. The molecule has 9 heteroatoms. The number of nitro groups is 1. The molecule has 0 aliphatic heterocycles. The van der Waals surface area contributed by atoms with Gasteiger partial charge in [0.1, 0.15) is 23.2 Å². The summed E-state index contributed by atoms with van der Waals surface area (Å²) in [6, 6.07) is 2.71. The van der Waals surface area contributed by atoms with Crippen LogP contribution in [0.2, 0.25) is 0 Å². The lowest BCUT2D eigenvalue weighted by Gasteiger charge is -2.14. The van der Waals surface area contributed by atoms with E-state index in [1.807, 2.05) is 0 Å². The first-order valence-electron chi connectivity index (χ1n) is 7.06. The molecule has 2 aromatic rings. The molecule has 124 valence electrons. The van der Waals surface area contributed by atoms with E-state index in [9.17, 15) is 20.0 Å². The minimum absolute atomic E-state index is 0.0331. The molecule has 23 heavy (non-hydrogen) atoms. The van der Waals surface area contributed by atoms with Gasteiger partial charge in [0.05, 0.1) is 24.3 Å². The molecule has 2 heterocycles. The molecule has 0 saturated carbocycles. The van der Waals surface area contributed by atoms with Gasteiger partial charge < -0.3 is 14.8 Å². The van der Waals surface area contributed by atoms with Gasteiger partial charge in [-0.05, 0) is 26.0 Å². The quantitative estimate of drug-likeness (QED) is 0.584. The Hall–Kier alpha value is -2.68. The Morgan fingerprint density at radius 1 is 1.57 bits per heavy atom. The Kier molecular flexibility index (Phi) is 5.12. The van der Waals surface area contributed by atoms with Crippen molar-refractivity contribution in [3.05, 3.63) is 45.7 Å². The highest BCUT2D eigenvalue weighted by Crippen LogP contribution is 2.22. The first-order chi connectivity index (χ1) is 10.9. The Morgan fingerprint density at radius 3 is 2.83 bits per heavy atom. The predicted molar refractivity (Wildman–Crippen MR) is 79.6 cm³/mol. The average Bonchev–Trinajstić information content (AvgIpc) is 3.11. The van der Waals surface area contributed by atoms with E-state index >= 15 is 0 Å². The Bertz CT molecular complexity index is 692. The van der Waals surface area contributed by atoms with Crippen LogP contribution in [-0.2, 0) is 11.3 Å². The van der Waals surface area contributed by atoms with E-state index in [4.69, 9.17) is 4.42 Å². The van der Waals surface area contributed by atoms with Crippen LogP contribution >= 0.6 is 0 Å². The van der Waals surface area contributed by atoms with Gasteiger partial charge >= 0.3 is 5.69 Å². The first-order valence-corrected chi connectivity index (χ1v) is 7.06. The molecule has 0 aliphatic rings. The number of nitrogens with one attached hydrogen (secondary N) is 1. The third kappa shape index (κ3) is 3.75. The fraction of sp³-hybridized carbons (Fsp3) is 0.429. The first kappa shape index (κ1) is 16.7. The number of carbonyl (C=O) groups excluding carboxylic acids is 1. The molecule has 0 aromatic carbocycles. The molecule has 2 aromatic heterocycles. The van der Waals surface area contributed by atoms with Gasteiger partial charge in [-0.2, -0.15) is 5.10 Å². The van der Waals surface area contributed by atoms with Crippen LogP contribution in [0.1, 0.15) is 29.6 Å². The standard InChI is InChI=1S/C14H18N4O5/c1-9-14(18(21)22)10(2)17(16-9)6-5-13(20)15-11(8-19)12-4-3-7-23-12/h3-4,7,11,19H,5-6,8H2,1-2H3,(H,15,20). The number of carbonyl (C=O) groups is 1. The summed E-state index contributed by atoms with van der Waals surface area (Å²) < 4.78 is 6.59. The molecule has 0 radical (unpaired) electrons. The van der Waals surface area contributed by atoms with Crippen molar-refractivity contribution in [1.82, 2.24) is 15.1 Å². The molecule has 0 spiro atoms. The van der Waals surface area contributed by atoms with E-state index < -0.39 is 11.0 Å². The molecule has 1 unspecified atom stereocenters. The van der Waals surface area contributed by atoms with Gasteiger partial charge in [-0.1, -0.05) is 0 Å². The summed E-state index contributed by atoms with van der Waals surface area (Å²) in [5.41, 5.74) is 0.691. The van der Waals surface area contributed by atoms with Gasteiger partial charge in [0, 0.05) is 6.42 Å². The predicted octanol–water partition coefficient (Wildman–Crippen LogP) is 1.24. The summed E-state index contributed by atoms with van der Waals surface area (Å²) in [6.45, 7) is 3.07. The zero-order valence-electron chi connectivity index (χ0n) is 12.9. The van der Waals surface area contributed by atoms with E-state index in [0.29, 0.717) is 17.1 Å². The van der Waals surface area contributed by atoms with Crippen LogP contribution in [-0.4, -0.2) is 32.3 Å². The van der Waals surface area contributed by atoms with Gasteiger partial charge in [0.15, 0.2) is 0 Å². The fourth-order valence-corrected chi connectivity index (χ4v) is 2.34. The number of hydrogen-bond acceptors (Lipinski definition) is 6. The molecular formula is C14H18N4O5. The second-order valence-corrected chi connectivity index (χ2v) is 5.07. The SMILES string of the molecule is Cc1nn(CCC(=O)NC(CO)c2ccco2)c(C)c1[N+](=O)[O-]. The van der Waals surface area contributed by atoms with Crippen molar-refractivity contribution in [3.8, 4) is 0 Å². The highest BCUT2D eigenvalue weighted by atomic mass is 16.6. The summed E-state index contributed by atoms with van der Waals surface area (Å²) >= 11 is 0. The van der Waals surface area contributed by atoms with Gasteiger partial charge in [0.25, 0.3) is 0 Å². The van der Waals surface area contributed by atoms with Gasteiger partial charge in [0.2, 0.25) is 5.91 Å². The second-order valence-electron chi connectivity index (χ2n) is 5.07. The van der Waals surface area contributed by atoms with Gasteiger partial charge in [-0.3, -0.25) is 19.6 Å². The maximum Gasteiger partial charge on any atom is 0.312 e. The number of nitrogens with zero attached hydrogens (tertiary/aromatic N) is 3. The number of aliphatic hydroxyl groups excluding tert-OH is 1. The van der Waals surface area contributed by atoms with Crippen molar-refractivity contribution in [2.24, 2.45) is 0 Å². The van der Waals surface area contributed by atoms with E-state index in [-0.39, 0.29) is 31.2 Å². The van der Waals surface area contributed by atoms with Crippen molar-refractivity contribution >= 4 is 11.6 Å².